The van der Waals surface area contributed by atoms with Gasteiger partial charge in [0.2, 0.25) is 0 Å². The third-order valence-corrected chi connectivity index (χ3v) is 14.9. The van der Waals surface area contributed by atoms with Gasteiger partial charge in [-0.3, -0.25) is 0 Å². The zero-order valence-electron chi connectivity index (χ0n) is 33.4. The van der Waals surface area contributed by atoms with Crippen LogP contribution in [0.5, 0.6) is 0 Å². The van der Waals surface area contributed by atoms with Crippen molar-refractivity contribution in [2.75, 3.05) is 0 Å². The molecule has 9 aromatic rings. The predicted octanol–water partition coefficient (Wildman–Crippen LogP) is 14.2. The normalized spacial score (nSPS) is 22.1. The summed E-state index contributed by atoms with van der Waals surface area (Å²) in [5, 5.41) is 4.99. The van der Waals surface area contributed by atoms with Crippen LogP contribution in [0.3, 0.4) is 0 Å². The highest BCUT2D eigenvalue weighted by Crippen LogP contribution is 2.69. The highest BCUT2D eigenvalue weighted by molar-refractivity contribution is 6.05. The van der Waals surface area contributed by atoms with Gasteiger partial charge in [-0.2, -0.15) is 0 Å². The van der Waals surface area contributed by atoms with E-state index >= 15 is 0 Å². The average molecular weight is 770 g/mol. The first kappa shape index (κ1) is 34.2. The first-order valence-electron chi connectivity index (χ1n) is 21.9. The van der Waals surface area contributed by atoms with Crippen molar-refractivity contribution in [1.29, 1.82) is 0 Å². The maximum atomic E-state index is 5.27. The van der Waals surface area contributed by atoms with Crippen molar-refractivity contribution in [3.8, 4) is 67.5 Å². The van der Waals surface area contributed by atoms with Crippen molar-refractivity contribution in [3.63, 3.8) is 0 Å². The molecule has 1 spiro atoms. The Kier molecular flexibility index (Phi) is 7.49. The van der Waals surface area contributed by atoms with Gasteiger partial charge in [-0.25, -0.2) is 15.0 Å². The third kappa shape index (κ3) is 5.05. The molecule has 5 aliphatic rings. The van der Waals surface area contributed by atoms with Crippen molar-refractivity contribution in [3.05, 3.63) is 187 Å². The molecule has 0 N–H and O–H groups in total. The summed E-state index contributed by atoms with van der Waals surface area (Å²) in [6.07, 6.45) is 6.98. The van der Waals surface area contributed by atoms with Gasteiger partial charge < -0.3 is 0 Å². The van der Waals surface area contributed by atoms with Crippen LogP contribution in [-0.4, -0.2) is 15.0 Å². The van der Waals surface area contributed by atoms with E-state index < -0.39 is 0 Å². The number of benzene rings is 8. The quantitative estimate of drug-likeness (QED) is 0.175. The molecule has 0 radical (unpaired) electrons. The molecule has 4 saturated carbocycles. The van der Waals surface area contributed by atoms with Gasteiger partial charge in [0.05, 0.1) is 0 Å². The number of hydrogen-bond acceptors (Lipinski definition) is 3. The Morgan fingerprint density at radius 3 is 1.63 bits per heavy atom. The van der Waals surface area contributed by atoms with E-state index in [1.165, 1.54) is 76.1 Å². The van der Waals surface area contributed by atoms with E-state index in [0.717, 1.165) is 51.3 Å². The minimum Gasteiger partial charge on any atom is -0.208 e. The summed E-state index contributed by atoms with van der Waals surface area (Å²) in [6, 6.07) is 64.4. The second-order valence-electron chi connectivity index (χ2n) is 18.0. The molecule has 0 aliphatic heterocycles. The Morgan fingerprint density at radius 2 is 0.883 bits per heavy atom. The molecule has 3 heteroatoms. The lowest BCUT2D eigenvalue weighted by Gasteiger charge is -2.61. The van der Waals surface area contributed by atoms with E-state index in [4.69, 9.17) is 15.0 Å². The molecule has 1 aromatic heterocycles. The fourth-order valence-corrected chi connectivity index (χ4v) is 12.7. The van der Waals surface area contributed by atoms with Crippen LogP contribution in [0.4, 0.5) is 0 Å². The Hall–Kier alpha value is -6.71. The lowest BCUT2D eigenvalue weighted by molar-refractivity contribution is -0.0399. The minimum absolute atomic E-state index is 0.116. The summed E-state index contributed by atoms with van der Waals surface area (Å²) in [5.74, 6) is 5.25. The molecule has 4 fully saturated rings. The van der Waals surface area contributed by atoms with Crippen LogP contribution in [0.25, 0.3) is 89.1 Å². The summed E-state index contributed by atoms with van der Waals surface area (Å²) in [7, 11) is 0. The van der Waals surface area contributed by atoms with Gasteiger partial charge in [0.1, 0.15) is 0 Å². The lowest BCUT2D eigenvalue weighted by Crippen LogP contribution is -2.55. The Labute approximate surface area is 350 Å². The number of aromatic nitrogens is 3. The summed E-state index contributed by atoms with van der Waals surface area (Å²) >= 11 is 0. The second-order valence-corrected chi connectivity index (χ2v) is 18.0. The van der Waals surface area contributed by atoms with Gasteiger partial charge in [0, 0.05) is 22.1 Å². The summed E-state index contributed by atoms with van der Waals surface area (Å²) in [5.41, 5.74) is 13.9. The molecule has 0 amide bonds. The van der Waals surface area contributed by atoms with Crippen LogP contribution in [0.15, 0.2) is 176 Å². The molecule has 3 nitrogen and oxygen atoms in total. The zero-order valence-corrected chi connectivity index (χ0v) is 33.4. The molecule has 8 aromatic carbocycles. The van der Waals surface area contributed by atoms with Gasteiger partial charge in [-0.1, -0.05) is 158 Å². The standard InChI is InChI=1S/C57H43N3/c1-2-14-38(15-3-1)54-58-55(41-26-25-37-13-4-5-16-39(37)32-41)60-56(59-54)49-22-9-8-20-46(49)44-18-6-7-19-45(44)47-23-12-17-40-33-51-48-21-10-11-24-52(48)57(53(51)34-50(40)47)42-28-35-27-36(30-42)31-43(57)29-35/h1-26,32-36,42-43H,27-31H2. The average Bonchev–Trinajstić information content (AvgIpc) is 3.59. The van der Waals surface area contributed by atoms with Crippen molar-refractivity contribution in [1.82, 2.24) is 15.0 Å². The molecule has 14 rings (SSSR count). The van der Waals surface area contributed by atoms with E-state index in [0.29, 0.717) is 17.5 Å². The molecular weight excluding hydrogens is 727 g/mol. The van der Waals surface area contributed by atoms with Crippen molar-refractivity contribution in [2.45, 2.75) is 37.5 Å². The fourth-order valence-electron chi connectivity index (χ4n) is 12.7. The van der Waals surface area contributed by atoms with Crippen molar-refractivity contribution >= 4 is 21.5 Å². The highest BCUT2D eigenvalue weighted by Gasteiger charge is 2.61. The van der Waals surface area contributed by atoms with E-state index in [9.17, 15) is 0 Å². The van der Waals surface area contributed by atoms with E-state index in [1.54, 1.807) is 11.1 Å². The molecule has 60 heavy (non-hydrogen) atoms. The van der Waals surface area contributed by atoms with Crippen molar-refractivity contribution < 1.29 is 0 Å². The molecule has 5 aliphatic carbocycles. The highest BCUT2D eigenvalue weighted by atomic mass is 15.0. The Balaban J connectivity index is 0.991. The first-order chi connectivity index (χ1) is 29.7. The number of nitrogens with zero attached hydrogens (tertiary/aromatic N) is 3. The van der Waals surface area contributed by atoms with Crippen LogP contribution in [-0.2, 0) is 5.41 Å². The van der Waals surface area contributed by atoms with E-state index in [2.05, 4.69) is 158 Å². The molecular formula is C57H43N3. The largest absolute Gasteiger partial charge is 0.208 e. The van der Waals surface area contributed by atoms with Gasteiger partial charge in [0.15, 0.2) is 17.5 Å². The van der Waals surface area contributed by atoms with Crippen LogP contribution < -0.4 is 0 Å². The topological polar surface area (TPSA) is 38.7 Å². The Morgan fingerprint density at radius 1 is 0.333 bits per heavy atom. The second kappa shape index (κ2) is 13.1. The van der Waals surface area contributed by atoms with Crippen LogP contribution in [0, 0.1) is 23.7 Å². The maximum Gasteiger partial charge on any atom is 0.164 e. The molecule has 4 bridgehead atoms. The van der Waals surface area contributed by atoms with Gasteiger partial charge in [-0.05, 0) is 140 Å². The SMILES string of the molecule is c1ccc(-c2nc(-c3ccc4ccccc4c3)nc(-c3ccccc3-c3ccccc3-c3cccc4cc5c(cc34)C3(c4ccccc4-5)C4CC5CC(C4)CC3C5)n2)cc1. The molecule has 1 heterocycles. The smallest absolute Gasteiger partial charge is 0.164 e. The van der Waals surface area contributed by atoms with E-state index in [-0.39, 0.29) is 5.41 Å². The third-order valence-electron chi connectivity index (χ3n) is 14.9. The monoisotopic (exact) mass is 769 g/mol. The van der Waals surface area contributed by atoms with Crippen molar-refractivity contribution in [2.24, 2.45) is 23.7 Å². The first-order valence-corrected chi connectivity index (χ1v) is 21.9. The maximum absolute atomic E-state index is 5.27. The zero-order chi connectivity index (χ0) is 39.4. The lowest BCUT2D eigenvalue weighted by atomic mass is 9.43. The number of hydrogen-bond donors (Lipinski definition) is 0. The summed E-state index contributed by atoms with van der Waals surface area (Å²) in [6.45, 7) is 0. The molecule has 0 atom stereocenters. The van der Waals surface area contributed by atoms with Crippen LogP contribution in [0.2, 0.25) is 0 Å². The number of rotatable bonds is 5. The number of fused-ring (bicyclic) bond motifs is 5. The van der Waals surface area contributed by atoms with Crippen LogP contribution >= 0.6 is 0 Å². The minimum atomic E-state index is 0.116. The van der Waals surface area contributed by atoms with Gasteiger partial charge >= 0.3 is 0 Å². The van der Waals surface area contributed by atoms with E-state index in [1.807, 2.05) is 18.2 Å². The summed E-state index contributed by atoms with van der Waals surface area (Å²) in [4.78, 5) is 15.6. The van der Waals surface area contributed by atoms with Gasteiger partial charge in [-0.15, -0.1) is 0 Å². The molecule has 286 valence electrons. The Bertz CT molecular complexity index is 3150. The van der Waals surface area contributed by atoms with Crippen LogP contribution in [0.1, 0.15) is 43.2 Å². The van der Waals surface area contributed by atoms with Gasteiger partial charge in [0.25, 0.3) is 0 Å². The molecule has 0 saturated heterocycles. The molecule has 0 unspecified atom stereocenters. The predicted molar refractivity (Wildman–Crippen MR) is 245 cm³/mol. The summed E-state index contributed by atoms with van der Waals surface area (Å²) < 4.78 is 0. The fraction of sp³-hybridized carbons (Fsp3) is 0.175.